The van der Waals surface area contributed by atoms with Gasteiger partial charge in [0.2, 0.25) is 5.91 Å². The van der Waals surface area contributed by atoms with Crippen LogP contribution in [0.1, 0.15) is 32.0 Å². The van der Waals surface area contributed by atoms with E-state index in [-0.39, 0.29) is 23.9 Å². The first-order chi connectivity index (χ1) is 16.4. The molecule has 0 fully saturated rings. The zero-order valence-electron chi connectivity index (χ0n) is 20.9. The lowest BCUT2D eigenvalue weighted by Crippen LogP contribution is -2.38. The predicted octanol–water partition coefficient (Wildman–Crippen LogP) is 3.38. The molecular weight excluding hydrogens is 450 g/mol. The first-order valence-corrected chi connectivity index (χ1v) is 11.2. The van der Waals surface area contributed by atoms with E-state index >= 15 is 0 Å². The van der Waals surface area contributed by atoms with Crippen LogP contribution in [0.3, 0.4) is 0 Å². The number of hydrogen-bond acceptors (Lipinski definition) is 8. The van der Waals surface area contributed by atoms with Crippen molar-refractivity contribution in [3.63, 3.8) is 0 Å². The summed E-state index contributed by atoms with van der Waals surface area (Å²) in [5.74, 6) is -0.152. The second-order valence-corrected chi connectivity index (χ2v) is 9.29. The second kappa shape index (κ2) is 10.5. The average Bonchev–Trinajstić information content (AvgIpc) is 2.78. The van der Waals surface area contributed by atoms with E-state index in [4.69, 9.17) is 9.15 Å². The third-order valence-electron chi connectivity index (χ3n) is 5.24. The van der Waals surface area contributed by atoms with E-state index in [2.05, 4.69) is 15.3 Å². The number of aromatic nitrogens is 2. The lowest BCUT2D eigenvalue weighted by atomic mass is 10.1. The van der Waals surface area contributed by atoms with Gasteiger partial charge in [-0.2, -0.15) is 4.98 Å². The van der Waals surface area contributed by atoms with E-state index < -0.39 is 17.3 Å². The lowest BCUT2D eigenvalue weighted by molar-refractivity contribution is -0.128. The van der Waals surface area contributed by atoms with Gasteiger partial charge in [0.25, 0.3) is 0 Å². The normalized spacial score (nSPS) is 11.3. The molecule has 2 aromatic heterocycles. The molecule has 0 saturated heterocycles. The monoisotopic (exact) mass is 481 g/mol. The van der Waals surface area contributed by atoms with Crippen LogP contribution in [0.4, 0.5) is 16.5 Å². The number of anilines is 2. The molecule has 0 aliphatic carbocycles. The van der Waals surface area contributed by atoms with Crippen LogP contribution < -0.4 is 15.8 Å². The minimum Gasteiger partial charge on any atom is -0.444 e. The Labute approximate surface area is 203 Å². The first kappa shape index (κ1) is 25.7. The Hall–Kier alpha value is -3.95. The largest absolute Gasteiger partial charge is 0.444 e. The SMILES string of the molecule is Cc1c(NC(=O)OC(C)(C)C)ccc2nc(N(C)CC(=O)N(C)CCc3ccccn3)oc(=O)c12. The lowest BCUT2D eigenvalue weighted by Gasteiger charge is -2.22. The summed E-state index contributed by atoms with van der Waals surface area (Å²) < 4.78 is 10.7. The van der Waals surface area contributed by atoms with E-state index in [1.54, 1.807) is 65.0 Å². The van der Waals surface area contributed by atoms with E-state index in [0.29, 0.717) is 29.7 Å². The number of amides is 2. The Kier molecular flexibility index (Phi) is 7.73. The van der Waals surface area contributed by atoms with Gasteiger partial charge in [0.05, 0.1) is 10.9 Å². The number of rotatable bonds is 7. The number of carbonyl (C=O) groups is 2. The van der Waals surface area contributed by atoms with Gasteiger partial charge in [-0.3, -0.25) is 15.1 Å². The van der Waals surface area contributed by atoms with Crippen LogP contribution in [0.25, 0.3) is 10.9 Å². The standard InChI is InChI=1S/C25H31N5O5/c1-16-18(28-24(33)35-25(2,3)4)10-11-19-21(16)22(32)34-23(27-19)30(6)15-20(31)29(5)14-12-17-9-7-8-13-26-17/h7-11,13H,12,14-15H2,1-6H3,(H,28,33). The number of ether oxygens (including phenoxy) is 1. The fraction of sp³-hybridized carbons (Fsp3) is 0.400. The molecule has 0 bridgehead atoms. The van der Waals surface area contributed by atoms with Crippen molar-refractivity contribution in [2.24, 2.45) is 0 Å². The Balaban J connectivity index is 1.71. The molecule has 186 valence electrons. The van der Waals surface area contributed by atoms with Crippen molar-refractivity contribution in [1.82, 2.24) is 14.9 Å². The highest BCUT2D eigenvalue weighted by Crippen LogP contribution is 2.24. The molecule has 0 radical (unpaired) electrons. The summed E-state index contributed by atoms with van der Waals surface area (Å²) in [4.78, 5) is 49.4. The van der Waals surface area contributed by atoms with Crippen LogP contribution in [0.5, 0.6) is 0 Å². The number of carbonyl (C=O) groups excluding carboxylic acids is 2. The van der Waals surface area contributed by atoms with Crippen LogP contribution in [-0.4, -0.2) is 59.7 Å². The highest BCUT2D eigenvalue weighted by atomic mass is 16.6. The van der Waals surface area contributed by atoms with Crippen molar-refractivity contribution >= 4 is 34.6 Å². The van der Waals surface area contributed by atoms with Crippen LogP contribution in [-0.2, 0) is 16.0 Å². The third kappa shape index (κ3) is 6.78. The zero-order valence-corrected chi connectivity index (χ0v) is 20.9. The van der Waals surface area contributed by atoms with Gasteiger partial charge in [0.1, 0.15) is 12.1 Å². The van der Waals surface area contributed by atoms with Gasteiger partial charge in [-0.25, -0.2) is 9.59 Å². The molecule has 0 saturated carbocycles. The van der Waals surface area contributed by atoms with Crippen molar-refractivity contribution in [2.45, 2.75) is 39.7 Å². The highest BCUT2D eigenvalue weighted by Gasteiger charge is 2.20. The molecule has 0 aliphatic rings. The number of pyridine rings is 1. The van der Waals surface area contributed by atoms with Crippen molar-refractivity contribution in [1.29, 1.82) is 0 Å². The number of likely N-dealkylation sites (N-methyl/N-ethyl adjacent to an activating group) is 2. The van der Waals surface area contributed by atoms with Gasteiger partial charge >= 0.3 is 17.7 Å². The Morgan fingerprint density at radius 1 is 1.14 bits per heavy atom. The quantitative estimate of drug-likeness (QED) is 0.546. The highest BCUT2D eigenvalue weighted by molar-refractivity contribution is 5.93. The maximum Gasteiger partial charge on any atom is 0.412 e. The fourth-order valence-corrected chi connectivity index (χ4v) is 3.36. The summed E-state index contributed by atoms with van der Waals surface area (Å²) >= 11 is 0. The Bertz CT molecular complexity index is 1270. The number of aryl methyl sites for hydroxylation is 1. The van der Waals surface area contributed by atoms with Crippen LogP contribution in [0.2, 0.25) is 0 Å². The van der Waals surface area contributed by atoms with E-state index in [1.165, 1.54) is 4.90 Å². The summed E-state index contributed by atoms with van der Waals surface area (Å²) in [6.45, 7) is 7.47. The van der Waals surface area contributed by atoms with Crippen molar-refractivity contribution in [2.75, 3.05) is 37.4 Å². The molecule has 3 rings (SSSR count). The van der Waals surface area contributed by atoms with Crippen molar-refractivity contribution < 1.29 is 18.7 Å². The third-order valence-corrected chi connectivity index (χ3v) is 5.24. The predicted molar refractivity (Wildman–Crippen MR) is 134 cm³/mol. The molecule has 0 aliphatic heterocycles. The zero-order chi connectivity index (χ0) is 25.8. The molecule has 0 spiro atoms. The summed E-state index contributed by atoms with van der Waals surface area (Å²) in [6.07, 6.45) is 1.73. The molecule has 35 heavy (non-hydrogen) atoms. The molecule has 0 unspecified atom stereocenters. The van der Waals surface area contributed by atoms with E-state index in [1.807, 2.05) is 18.2 Å². The smallest absolute Gasteiger partial charge is 0.412 e. The fourth-order valence-electron chi connectivity index (χ4n) is 3.36. The maximum atomic E-state index is 12.8. The van der Waals surface area contributed by atoms with Crippen LogP contribution in [0, 0.1) is 6.92 Å². The molecule has 3 aromatic rings. The van der Waals surface area contributed by atoms with Gasteiger partial charge in [-0.05, 0) is 57.5 Å². The van der Waals surface area contributed by atoms with Gasteiger partial charge in [-0.15, -0.1) is 0 Å². The van der Waals surface area contributed by atoms with Crippen molar-refractivity contribution in [3.8, 4) is 0 Å². The van der Waals surface area contributed by atoms with Gasteiger partial charge < -0.3 is 19.0 Å². The maximum absolute atomic E-state index is 12.8. The van der Waals surface area contributed by atoms with Crippen molar-refractivity contribution in [3.05, 3.63) is 58.2 Å². The van der Waals surface area contributed by atoms with Gasteiger partial charge in [-0.1, -0.05) is 6.07 Å². The first-order valence-electron chi connectivity index (χ1n) is 11.2. The van der Waals surface area contributed by atoms with Crippen LogP contribution >= 0.6 is 0 Å². The Morgan fingerprint density at radius 3 is 2.54 bits per heavy atom. The Morgan fingerprint density at radius 2 is 1.89 bits per heavy atom. The number of fused-ring (bicyclic) bond motifs is 1. The minimum absolute atomic E-state index is 0.0164. The molecule has 2 amide bonds. The molecule has 2 heterocycles. The topological polar surface area (TPSA) is 118 Å². The van der Waals surface area contributed by atoms with Gasteiger partial charge in [0.15, 0.2) is 0 Å². The molecule has 1 aromatic carbocycles. The summed E-state index contributed by atoms with van der Waals surface area (Å²) in [7, 11) is 3.35. The van der Waals surface area contributed by atoms with E-state index in [0.717, 1.165) is 5.69 Å². The molecule has 1 N–H and O–H groups in total. The number of hydrogen-bond donors (Lipinski definition) is 1. The van der Waals surface area contributed by atoms with Gasteiger partial charge in [0, 0.05) is 44.6 Å². The minimum atomic E-state index is -0.654. The molecule has 0 atom stereocenters. The average molecular weight is 482 g/mol. The summed E-state index contributed by atoms with van der Waals surface area (Å²) in [5, 5.41) is 2.90. The summed E-state index contributed by atoms with van der Waals surface area (Å²) in [5.41, 5.74) is 0.961. The van der Waals surface area contributed by atoms with Crippen LogP contribution in [0.15, 0.2) is 45.7 Å². The summed E-state index contributed by atoms with van der Waals surface area (Å²) in [6, 6.07) is 8.95. The number of nitrogens with zero attached hydrogens (tertiary/aromatic N) is 4. The van der Waals surface area contributed by atoms with E-state index in [9.17, 15) is 14.4 Å². The molecule has 10 heteroatoms. The molecular formula is C25H31N5O5. The number of nitrogens with one attached hydrogen (secondary N) is 1. The molecule has 10 nitrogen and oxygen atoms in total. The second-order valence-electron chi connectivity index (χ2n) is 9.29. The number of benzene rings is 1.